The molecule has 34 heavy (non-hydrogen) atoms. The van der Waals surface area contributed by atoms with Crippen LogP contribution in [0.5, 0.6) is 5.75 Å². The van der Waals surface area contributed by atoms with Gasteiger partial charge in [-0.05, 0) is 36.8 Å². The summed E-state index contributed by atoms with van der Waals surface area (Å²) in [5, 5.41) is 7.37. The van der Waals surface area contributed by atoms with Gasteiger partial charge in [0.15, 0.2) is 23.3 Å². The van der Waals surface area contributed by atoms with Gasteiger partial charge < -0.3 is 19.4 Å². The first-order valence-electron chi connectivity index (χ1n) is 10.0. The zero-order valence-electron chi connectivity index (χ0n) is 18.5. The molecular weight excluding hydrogens is 451 g/mol. The number of esters is 1. The Labute approximate surface area is 192 Å². The number of rotatable bonds is 7. The van der Waals surface area contributed by atoms with E-state index in [0.29, 0.717) is 11.4 Å². The molecule has 0 saturated carbocycles. The number of aromatic nitrogens is 4. The minimum Gasteiger partial charge on any atom is -0.494 e. The fourth-order valence-electron chi connectivity index (χ4n) is 3.41. The van der Waals surface area contributed by atoms with E-state index >= 15 is 0 Å². The molecule has 2 heterocycles. The Balaban J connectivity index is 1.64. The van der Waals surface area contributed by atoms with Gasteiger partial charge in [0.1, 0.15) is 11.4 Å². The first kappa shape index (κ1) is 22.9. The van der Waals surface area contributed by atoms with Crippen molar-refractivity contribution in [2.24, 2.45) is 0 Å². The Kier molecular flexibility index (Phi) is 6.26. The monoisotopic (exact) mass is 471 g/mol. The SMILES string of the molecule is COC(=O)c1cc(Nc2ccc(-n3cnc(C)c3)c(OC)c2)nn1Cc1cc(F)c(F)c(F)c1. The van der Waals surface area contributed by atoms with Gasteiger partial charge in [-0.1, -0.05) is 0 Å². The third kappa shape index (κ3) is 4.58. The number of ether oxygens (including phenoxy) is 2. The second kappa shape index (κ2) is 9.30. The Morgan fingerprint density at radius 2 is 1.82 bits per heavy atom. The van der Waals surface area contributed by atoms with E-state index in [0.717, 1.165) is 23.5 Å². The van der Waals surface area contributed by atoms with Gasteiger partial charge in [0, 0.05) is 24.0 Å². The lowest BCUT2D eigenvalue weighted by Gasteiger charge is -2.11. The average molecular weight is 471 g/mol. The summed E-state index contributed by atoms with van der Waals surface area (Å²) in [5.41, 5.74) is 2.35. The summed E-state index contributed by atoms with van der Waals surface area (Å²) in [6.07, 6.45) is 3.53. The van der Waals surface area contributed by atoms with Crippen LogP contribution in [0.4, 0.5) is 24.7 Å². The highest BCUT2D eigenvalue weighted by molar-refractivity contribution is 5.88. The van der Waals surface area contributed by atoms with Gasteiger partial charge in [0.2, 0.25) is 0 Å². The van der Waals surface area contributed by atoms with Crippen LogP contribution in [0.1, 0.15) is 21.7 Å². The van der Waals surface area contributed by atoms with Crippen molar-refractivity contribution < 1.29 is 27.4 Å². The van der Waals surface area contributed by atoms with Gasteiger partial charge in [0.25, 0.3) is 0 Å². The summed E-state index contributed by atoms with van der Waals surface area (Å²) >= 11 is 0. The Morgan fingerprint density at radius 1 is 1.09 bits per heavy atom. The minimum absolute atomic E-state index is 0.0348. The third-order valence-electron chi connectivity index (χ3n) is 4.99. The number of carbonyl (C=O) groups is 1. The third-order valence-corrected chi connectivity index (χ3v) is 4.99. The van der Waals surface area contributed by atoms with E-state index in [1.165, 1.54) is 25.0 Å². The predicted octanol–water partition coefficient (Wildman–Crippen LogP) is 4.38. The highest BCUT2D eigenvalue weighted by Crippen LogP contribution is 2.29. The van der Waals surface area contributed by atoms with Gasteiger partial charge in [-0.25, -0.2) is 22.9 Å². The maximum atomic E-state index is 13.6. The number of methoxy groups -OCH3 is 2. The fourth-order valence-corrected chi connectivity index (χ4v) is 3.41. The number of hydrogen-bond acceptors (Lipinski definition) is 6. The number of anilines is 2. The van der Waals surface area contributed by atoms with Crippen molar-refractivity contribution in [3.05, 3.63) is 83.3 Å². The summed E-state index contributed by atoms with van der Waals surface area (Å²) in [5.74, 6) is -4.10. The van der Waals surface area contributed by atoms with Crippen LogP contribution in [-0.2, 0) is 11.3 Å². The molecule has 0 saturated heterocycles. The average Bonchev–Trinajstić information content (AvgIpc) is 3.42. The lowest BCUT2D eigenvalue weighted by Crippen LogP contribution is -2.13. The summed E-state index contributed by atoms with van der Waals surface area (Å²) in [4.78, 5) is 16.4. The van der Waals surface area contributed by atoms with Crippen LogP contribution < -0.4 is 10.1 Å². The van der Waals surface area contributed by atoms with Crippen molar-refractivity contribution >= 4 is 17.5 Å². The van der Waals surface area contributed by atoms with Crippen LogP contribution in [0.25, 0.3) is 5.69 Å². The maximum Gasteiger partial charge on any atom is 0.356 e. The van der Waals surface area contributed by atoms with Crippen molar-refractivity contribution in [2.45, 2.75) is 13.5 Å². The number of nitrogens with one attached hydrogen (secondary N) is 1. The van der Waals surface area contributed by atoms with Crippen molar-refractivity contribution in [1.29, 1.82) is 0 Å². The van der Waals surface area contributed by atoms with Gasteiger partial charge in [-0.2, -0.15) is 5.10 Å². The molecule has 176 valence electrons. The van der Waals surface area contributed by atoms with Crippen molar-refractivity contribution in [1.82, 2.24) is 19.3 Å². The smallest absolute Gasteiger partial charge is 0.356 e. The molecule has 0 unspecified atom stereocenters. The number of carbonyl (C=O) groups excluding carboxylic acids is 1. The van der Waals surface area contributed by atoms with E-state index in [1.807, 2.05) is 23.8 Å². The van der Waals surface area contributed by atoms with Crippen LogP contribution in [-0.4, -0.2) is 39.5 Å². The molecule has 1 N–H and O–H groups in total. The van der Waals surface area contributed by atoms with E-state index in [-0.39, 0.29) is 23.6 Å². The second-order valence-corrected chi connectivity index (χ2v) is 7.37. The van der Waals surface area contributed by atoms with Crippen LogP contribution >= 0.6 is 0 Å². The number of halogens is 3. The number of benzene rings is 2. The molecule has 0 bridgehead atoms. The Bertz CT molecular complexity index is 1340. The number of hydrogen-bond donors (Lipinski definition) is 1. The zero-order chi connectivity index (χ0) is 24.4. The van der Waals surface area contributed by atoms with Gasteiger partial charge in [-0.3, -0.25) is 4.68 Å². The predicted molar refractivity (Wildman–Crippen MR) is 117 cm³/mol. The van der Waals surface area contributed by atoms with Gasteiger partial charge in [-0.15, -0.1) is 0 Å². The summed E-state index contributed by atoms with van der Waals surface area (Å²) in [6.45, 7) is 1.69. The molecule has 0 radical (unpaired) electrons. The molecule has 8 nitrogen and oxygen atoms in total. The van der Waals surface area contributed by atoms with E-state index in [9.17, 15) is 18.0 Å². The summed E-state index contributed by atoms with van der Waals surface area (Å²) < 4.78 is 53.8. The van der Waals surface area contributed by atoms with Crippen LogP contribution in [0.2, 0.25) is 0 Å². The van der Waals surface area contributed by atoms with Gasteiger partial charge in [0.05, 0.1) is 38.5 Å². The topological polar surface area (TPSA) is 83.2 Å². The Hall–Kier alpha value is -4.28. The van der Waals surface area contributed by atoms with E-state index in [4.69, 9.17) is 9.47 Å². The van der Waals surface area contributed by atoms with Crippen molar-refractivity contribution in [3.8, 4) is 11.4 Å². The van der Waals surface area contributed by atoms with Gasteiger partial charge >= 0.3 is 5.97 Å². The fraction of sp³-hybridized carbons (Fsp3) is 0.174. The molecule has 0 amide bonds. The van der Waals surface area contributed by atoms with E-state index in [2.05, 4.69) is 15.4 Å². The molecule has 0 atom stereocenters. The lowest BCUT2D eigenvalue weighted by molar-refractivity contribution is 0.0587. The lowest BCUT2D eigenvalue weighted by atomic mass is 10.2. The zero-order valence-corrected chi connectivity index (χ0v) is 18.5. The molecule has 4 rings (SSSR count). The molecular formula is C23H20F3N5O3. The number of nitrogens with zero attached hydrogens (tertiary/aromatic N) is 4. The summed E-state index contributed by atoms with van der Waals surface area (Å²) in [7, 11) is 2.74. The summed E-state index contributed by atoms with van der Waals surface area (Å²) in [6, 6.07) is 8.47. The van der Waals surface area contributed by atoms with E-state index < -0.39 is 23.4 Å². The molecule has 0 aliphatic carbocycles. The largest absolute Gasteiger partial charge is 0.494 e. The second-order valence-electron chi connectivity index (χ2n) is 7.37. The Morgan fingerprint density at radius 3 is 2.44 bits per heavy atom. The molecule has 2 aromatic heterocycles. The van der Waals surface area contributed by atoms with Crippen LogP contribution in [0.3, 0.4) is 0 Å². The molecule has 4 aromatic rings. The first-order valence-corrected chi connectivity index (χ1v) is 10.0. The van der Waals surface area contributed by atoms with E-state index in [1.54, 1.807) is 18.5 Å². The molecule has 0 spiro atoms. The molecule has 0 aliphatic heterocycles. The van der Waals surface area contributed by atoms with Crippen molar-refractivity contribution in [3.63, 3.8) is 0 Å². The minimum atomic E-state index is -1.57. The van der Waals surface area contributed by atoms with Crippen LogP contribution in [0, 0.1) is 24.4 Å². The normalized spacial score (nSPS) is 10.9. The highest BCUT2D eigenvalue weighted by Gasteiger charge is 2.19. The standard InChI is InChI=1S/C23H20F3N5O3/c1-13-10-30(12-27-13)18-5-4-15(8-20(18)33-2)28-21-9-19(23(32)34-3)31(29-21)11-14-6-16(24)22(26)17(25)7-14/h4-10,12H,11H2,1-3H3,(H,28,29). The van der Waals surface area contributed by atoms with Crippen LogP contribution in [0.15, 0.2) is 48.9 Å². The highest BCUT2D eigenvalue weighted by atomic mass is 19.2. The van der Waals surface area contributed by atoms with Crippen molar-refractivity contribution in [2.75, 3.05) is 19.5 Å². The first-order chi connectivity index (χ1) is 16.3. The maximum absolute atomic E-state index is 13.6. The molecule has 0 aliphatic rings. The number of aryl methyl sites for hydroxylation is 1. The number of imidazole rings is 1. The quantitative estimate of drug-likeness (QED) is 0.318. The molecule has 2 aromatic carbocycles. The molecule has 0 fully saturated rings. The molecule has 11 heteroatoms.